The highest BCUT2D eigenvalue weighted by molar-refractivity contribution is 5.32. The first kappa shape index (κ1) is 12.7. The maximum absolute atomic E-state index is 6.21. The van der Waals surface area contributed by atoms with Crippen molar-refractivity contribution >= 4 is 5.82 Å². The molecule has 4 fully saturated rings. The van der Waals surface area contributed by atoms with E-state index in [1.54, 1.807) is 0 Å². The fourth-order valence-electron chi connectivity index (χ4n) is 5.66. The Bertz CT molecular complexity index is 479. The molecule has 4 saturated carbocycles. The summed E-state index contributed by atoms with van der Waals surface area (Å²) in [5.41, 5.74) is 7.87. The van der Waals surface area contributed by atoms with Crippen molar-refractivity contribution in [3.8, 4) is 0 Å². The summed E-state index contributed by atoms with van der Waals surface area (Å²) in [5.74, 6) is 4.34. The number of nitrogens with zero attached hydrogens (tertiary/aromatic N) is 2. The van der Waals surface area contributed by atoms with Gasteiger partial charge < -0.3 is 5.73 Å². The number of hydrogen-bond donors (Lipinski definition) is 1. The summed E-state index contributed by atoms with van der Waals surface area (Å²) < 4.78 is 2.11. The van der Waals surface area contributed by atoms with E-state index in [4.69, 9.17) is 10.8 Å². The van der Waals surface area contributed by atoms with Crippen LogP contribution >= 0.6 is 0 Å². The lowest BCUT2D eigenvalue weighted by atomic mass is 9.49. The molecule has 3 nitrogen and oxygen atoms in total. The monoisotopic (exact) mass is 273 g/mol. The fraction of sp³-hybridized carbons (Fsp3) is 0.824. The van der Waals surface area contributed by atoms with Crippen LogP contribution in [0.1, 0.15) is 64.0 Å². The molecule has 0 saturated heterocycles. The number of rotatable bonds is 3. The zero-order valence-electron chi connectivity index (χ0n) is 12.8. The first-order valence-electron chi connectivity index (χ1n) is 8.36. The van der Waals surface area contributed by atoms with Gasteiger partial charge in [-0.1, -0.05) is 13.8 Å². The quantitative estimate of drug-likeness (QED) is 0.910. The second-order valence-electron chi connectivity index (χ2n) is 8.22. The van der Waals surface area contributed by atoms with Gasteiger partial charge in [-0.3, -0.25) is 0 Å². The number of aromatic nitrogens is 2. The van der Waals surface area contributed by atoms with Gasteiger partial charge in [-0.05, 0) is 67.6 Å². The molecule has 4 aliphatic rings. The van der Waals surface area contributed by atoms with Crippen molar-refractivity contribution in [1.29, 1.82) is 0 Å². The van der Waals surface area contributed by atoms with Gasteiger partial charge >= 0.3 is 0 Å². The Labute approximate surface area is 121 Å². The van der Waals surface area contributed by atoms with Gasteiger partial charge in [0, 0.05) is 12.6 Å². The van der Waals surface area contributed by atoms with Crippen molar-refractivity contribution in [3.63, 3.8) is 0 Å². The Morgan fingerprint density at radius 1 is 1.20 bits per heavy atom. The molecule has 20 heavy (non-hydrogen) atoms. The Morgan fingerprint density at radius 2 is 1.75 bits per heavy atom. The molecule has 1 aromatic rings. The lowest BCUT2D eigenvalue weighted by molar-refractivity contribution is -0.0632. The summed E-state index contributed by atoms with van der Waals surface area (Å²) in [7, 11) is 0. The van der Waals surface area contributed by atoms with Crippen LogP contribution in [0, 0.1) is 23.2 Å². The normalized spacial score (nSPS) is 38.9. The molecule has 0 spiro atoms. The number of nitrogens with two attached hydrogens (primary N) is 1. The Kier molecular flexibility index (Phi) is 2.71. The van der Waals surface area contributed by atoms with Gasteiger partial charge in [0.1, 0.15) is 5.82 Å². The van der Waals surface area contributed by atoms with Crippen molar-refractivity contribution in [2.75, 3.05) is 5.73 Å². The van der Waals surface area contributed by atoms with Crippen LogP contribution in [0.4, 0.5) is 5.82 Å². The predicted octanol–water partition coefficient (Wildman–Crippen LogP) is 3.81. The van der Waals surface area contributed by atoms with Crippen molar-refractivity contribution in [1.82, 2.24) is 9.78 Å². The Morgan fingerprint density at radius 3 is 2.20 bits per heavy atom. The molecule has 4 bridgehead atoms. The minimum Gasteiger partial charge on any atom is -0.384 e. The van der Waals surface area contributed by atoms with Gasteiger partial charge in [-0.25, -0.2) is 4.68 Å². The van der Waals surface area contributed by atoms with E-state index < -0.39 is 0 Å². The molecule has 3 heteroatoms. The molecule has 0 aromatic carbocycles. The molecule has 1 aromatic heterocycles. The van der Waals surface area contributed by atoms with Crippen molar-refractivity contribution in [2.45, 2.75) is 64.8 Å². The van der Waals surface area contributed by atoms with Crippen LogP contribution in [0.2, 0.25) is 0 Å². The molecule has 1 heterocycles. The molecule has 0 aliphatic heterocycles. The van der Waals surface area contributed by atoms with Gasteiger partial charge in [0.05, 0.1) is 5.69 Å². The van der Waals surface area contributed by atoms with Crippen molar-refractivity contribution in [2.24, 2.45) is 23.2 Å². The highest BCUT2D eigenvalue weighted by atomic mass is 15.3. The van der Waals surface area contributed by atoms with E-state index in [9.17, 15) is 0 Å². The maximum Gasteiger partial charge on any atom is 0.121 e. The third kappa shape index (κ3) is 1.97. The van der Waals surface area contributed by atoms with Gasteiger partial charge in [0.2, 0.25) is 0 Å². The Hall–Kier alpha value is -0.990. The van der Waals surface area contributed by atoms with Gasteiger partial charge in [-0.2, -0.15) is 5.10 Å². The molecule has 2 N–H and O–H groups in total. The number of hydrogen-bond acceptors (Lipinski definition) is 2. The summed E-state index contributed by atoms with van der Waals surface area (Å²) in [6, 6.07) is 2.07. The topological polar surface area (TPSA) is 43.8 Å². The highest BCUT2D eigenvalue weighted by Crippen LogP contribution is 2.60. The average molecular weight is 273 g/mol. The summed E-state index contributed by atoms with van der Waals surface area (Å²) in [6.07, 6.45) is 8.79. The molecule has 5 rings (SSSR count). The van der Waals surface area contributed by atoms with E-state index in [2.05, 4.69) is 24.6 Å². The molecule has 0 radical (unpaired) electrons. The van der Waals surface area contributed by atoms with Gasteiger partial charge in [-0.15, -0.1) is 0 Å². The van der Waals surface area contributed by atoms with Crippen LogP contribution in [0.15, 0.2) is 6.07 Å². The smallest absolute Gasteiger partial charge is 0.121 e. The van der Waals surface area contributed by atoms with Crippen LogP contribution in [0.5, 0.6) is 0 Å². The first-order valence-corrected chi connectivity index (χ1v) is 8.36. The second kappa shape index (κ2) is 4.25. The van der Waals surface area contributed by atoms with Gasteiger partial charge in [0.15, 0.2) is 0 Å². The van der Waals surface area contributed by atoms with Crippen LogP contribution in [-0.4, -0.2) is 9.78 Å². The largest absolute Gasteiger partial charge is 0.384 e. The molecule has 0 amide bonds. The van der Waals surface area contributed by atoms with E-state index in [1.807, 2.05) is 0 Å². The maximum atomic E-state index is 6.21. The van der Waals surface area contributed by atoms with Crippen molar-refractivity contribution < 1.29 is 0 Å². The van der Waals surface area contributed by atoms with E-state index in [0.29, 0.717) is 11.3 Å². The number of nitrogen functional groups attached to an aromatic ring is 1. The lowest BCUT2D eigenvalue weighted by Gasteiger charge is -2.56. The fourth-order valence-corrected chi connectivity index (χ4v) is 5.66. The molecule has 110 valence electrons. The van der Waals surface area contributed by atoms with Crippen LogP contribution in [-0.2, 0) is 6.54 Å². The first-order chi connectivity index (χ1) is 9.53. The summed E-state index contributed by atoms with van der Waals surface area (Å²) in [4.78, 5) is 0. The molecular formula is C17H27N3. The summed E-state index contributed by atoms with van der Waals surface area (Å²) in [6.45, 7) is 5.45. The van der Waals surface area contributed by atoms with Crippen LogP contribution < -0.4 is 5.73 Å². The lowest BCUT2D eigenvalue weighted by Crippen LogP contribution is -2.48. The third-order valence-corrected chi connectivity index (χ3v) is 6.07. The summed E-state index contributed by atoms with van der Waals surface area (Å²) in [5, 5.41) is 4.78. The van der Waals surface area contributed by atoms with Crippen molar-refractivity contribution in [3.05, 3.63) is 11.8 Å². The predicted molar refractivity (Wildman–Crippen MR) is 81.3 cm³/mol. The third-order valence-electron chi connectivity index (χ3n) is 6.07. The zero-order valence-corrected chi connectivity index (χ0v) is 12.8. The Balaban J connectivity index is 1.59. The minimum atomic E-state index is 0.468. The van der Waals surface area contributed by atoms with E-state index in [1.165, 1.54) is 38.5 Å². The standard InChI is InChI=1S/C17H27N3/c1-11(2)15-6-16(18)20(19-15)10-17-7-12-3-13(8-17)5-14(4-12)9-17/h6,11-14H,3-5,7-10,18H2,1-2H3. The van der Waals surface area contributed by atoms with Gasteiger partial charge in [0.25, 0.3) is 0 Å². The van der Waals surface area contributed by atoms with Crippen LogP contribution in [0.25, 0.3) is 0 Å². The van der Waals surface area contributed by atoms with E-state index in [-0.39, 0.29) is 0 Å². The number of anilines is 1. The molecule has 0 atom stereocenters. The van der Waals surface area contributed by atoms with Crippen LogP contribution in [0.3, 0.4) is 0 Å². The van der Waals surface area contributed by atoms with E-state index in [0.717, 1.165) is 35.8 Å². The second-order valence-corrected chi connectivity index (χ2v) is 8.22. The summed E-state index contributed by atoms with van der Waals surface area (Å²) >= 11 is 0. The SMILES string of the molecule is CC(C)c1cc(N)n(CC23CC4CC(CC(C4)C2)C3)n1. The highest BCUT2D eigenvalue weighted by Gasteiger charge is 2.51. The average Bonchev–Trinajstić information content (AvgIpc) is 2.68. The zero-order chi connectivity index (χ0) is 13.9. The van der Waals surface area contributed by atoms with E-state index >= 15 is 0 Å². The molecular weight excluding hydrogens is 246 g/mol. The molecule has 4 aliphatic carbocycles. The minimum absolute atomic E-state index is 0.468. The molecule has 0 unspecified atom stereocenters.